The highest BCUT2D eigenvalue weighted by Gasteiger charge is 2.06. The molecule has 2 nitrogen and oxygen atoms in total. The van der Waals surface area contributed by atoms with Gasteiger partial charge in [0.25, 0.3) is 0 Å². The summed E-state index contributed by atoms with van der Waals surface area (Å²) in [4.78, 5) is 11.3. The fourth-order valence-electron chi connectivity index (χ4n) is 0.940. The second kappa shape index (κ2) is 5.39. The first kappa shape index (κ1) is 11.6. The molecule has 0 radical (unpaired) electrons. The van der Waals surface area contributed by atoms with Gasteiger partial charge in [0.2, 0.25) is 0 Å². The highest BCUT2D eigenvalue weighted by atomic mass is 35.5. The van der Waals surface area contributed by atoms with E-state index in [-0.39, 0.29) is 11.9 Å². The maximum atomic E-state index is 10.4. The molecule has 0 spiro atoms. The van der Waals surface area contributed by atoms with Crippen molar-refractivity contribution in [1.82, 2.24) is 0 Å². The van der Waals surface area contributed by atoms with Gasteiger partial charge in [0.15, 0.2) is 0 Å². The third-order valence-electron chi connectivity index (χ3n) is 1.68. The molecule has 0 saturated heterocycles. The molecular weight excluding hydrogens is 220 g/mol. The third-order valence-corrected chi connectivity index (χ3v) is 3.26. The zero-order valence-electron chi connectivity index (χ0n) is 7.74. The lowest BCUT2D eigenvalue weighted by molar-refractivity contribution is 0.112. The van der Waals surface area contributed by atoms with Gasteiger partial charge < -0.3 is 5.11 Å². The largest absolute Gasteiger partial charge is 0.395 e. The van der Waals surface area contributed by atoms with Crippen LogP contribution in [0.1, 0.15) is 17.3 Å². The zero-order valence-corrected chi connectivity index (χ0v) is 9.31. The molecule has 4 heteroatoms. The first-order valence-corrected chi connectivity index (χ1v) is 5.45. The van der Waals surface area contributed by atoms with Gasteiger partial charge in [0.05, 0.1) is 11.6 Å². The summed E-state index contributed by atoms with van der Waals surface area (Å²) >= 11 is 7.44. The Hall–Kier alpha value is -0.510. The molecule has 0 bridgehead atoms. The van der Waals surface area contributed by atoms with E-state index in [1.165, 1.54) is 11.8 Å². The number of rotatable bonds is 4. The fraction of sp³-hybridized carbons (Fsp3) is 0.300. The Morgan fingerprint density at radius 3 is 2.86 bits per heavy atom. The highest BCUT2D eigenvalue weighted by molar-refractivity contribution is 8.00. The minimum atomic E-state index is 0.106. The number of carbonyl (C=O) groups is 1. The van der Waals surface area contributed by atoms with Crippen LogP contribution in [0.5, 0.6) is 0 Å². The lowest BCUT2D eigenvalue weighted by atomic mass is 10.2. The molecule has 76 valence electrons. The number of carbonyl (C=O) groups excluding carboxylic acids is 1. The van der Waals surface area contributed by atoms with Gasteiger partial charge in [-0.2, -0.15) is 0 Å². The molecule has 0 saturated carbocycles. The predicted molar refractivity (Wildman–Crippen MR) is 59.2 cm³/mol. The lowest BCUT2D eigenvalue weighted by Gasteiger charge is -2.09. The van der Waals surface area contributed by atoms with Gasteiger partial charge >= 0.3 is 0 Å². The molecular formula is C10H11ClO2S. The van der Waals surface area contributed by atoms with Gasteiger partial charge in [0.1, 0.15) is 6.29 Å². The molecule has 1 rings (SSSR count). The first-order valence-electron chi connectivity index (χ1n) is 4.19. The van der Waals surface area contributed by atoms with Crippen molar-refractivity contribution in [3.8, 4) is 0 Å². The van der Waals surface area contributed by atoms with Gasteiger partial charge in [-0.3, -0.25) is 4.79 Å². The number of aldehydes is 1. The third kappa shape index (κ3) is 3.01. The normalized spacial score (nSPS) is 12.5. The molecule has 0 aromatic heterocycles. The average Bonchev–Trinajstić information content (AvgIpc) is 2.20. The van der Waals surface area contributed by atoms with Crippen LogP contribution in [0.3, 0.4) is 0 Å². The van der Waals surface area contributed by atoms with Crippen LogP contribution in [0.4, 0.5) is 0 Å². The number of hydrogen-bond donors (Lipinski definition) is 1. The number of hydrogen-bond acceptors (Lipinski definition) is 3. The topological polar surface area (TPSA) is 37.3 Å². The van der Waals surface area contributed by atoms with Crippen molar-refractivity contribution in [3.05, 3.63) is 28.8 Å². The van der Waals surface area contributed by atoms with Crippen LogP contribution >= 0.6 is 23.4 Å². The quantitative estimate of drug-likeness (QED) is 0.638. The van der Waals surface area contributed by atoms with Crippen molar-refractivity contribution in [1.29, 1.82) is 0 Å². The van der Waals surface area contributed by atoms with Crippen LogP contribution in [-0.2, 0) is 0 Å². The van der Waals surface area contributed by atoms with Crippen molar-refractivity contribution in [2.45, 2.75) is 17.1 Å². The summed E-state index contributed by atoms with van der Waals surface area (Å²) in [6.07, 6.45) is 0.760. The summed E-state index contributed by atoms with van der Waals surface area (Å²) in [5.74, 6) is 0. The maximum Gasteiger partial charge on any atom is 0.150 e. The maximum absolute atomic E-state index is 10.4. The Labute approximate surface area is 92.3 Å². The van der Waals surface area contributed by atoms with Gasteiger partial charge in [-0.05, 0) is 12.1 Å². The smallest absolute Gasteiger partial charge is 0.150 e. The number of halogens is 1. The van der Waals surface area contributed by atoms with Gasteiger partial charge in [-0.25, -0.2) is 0 Å². The summed E-state index contributed by atoms with van der Waals surface area (Å²) in [7, 11) is 0. The summed E-state index contributed by atoms with van der Waals surface area (Å²) < 4.78 is 0. The van der Waals surface area contributed by atoms with E-state index in [4.69, 9.17) is 16.7 Å². The van der Waals surface area contributed by atoms with E-state index in [2.05, 4.69) is 0 Å². The van der Waals surface area contributed by atoms with Crippen LogP contribution in [0.15, 0.2) is 23.1 Å². The summed E-state index contributed by atoms with van der Waals surface area (Å²) in [6.45, 7) is 2.02. The van der Waals surface area contributed by atoms with Crippen LogP contribution < -0.4 is 0 Å². The molecule has 0 fully saturated rings. The molecule has 0 aliphatic rings. The van der Waals surface area contributed by atoms with E-state index in [9.17, 15) is 4.79 Å². The number of aliphatic hydroxyl groups excluding tert-OH is 1. The Kier molecular flexibility index (Phi) is 4.45. The summed E-state index contributed by atoms with van der Waals surface area (Å²) in [6, 6.07) is 5.13. The standard InChI is InChI=1S/C10H11ClO2S/c1-7(5-12)14-10-3-2-8(6-13)4-9(10)11/h2-4,6-7,12H,5H2,1H3. The Balaban J connectivity index is 2.83. The molecule has 0 aliphatic heterocycles. The van der Waals surface area contributed by atoms with Gasteiger partial charge in [0, 0.05) is 15.7 Å². The SMILES string of the molecule is CC(CO)Sc1ccc(C=O)cc1Cl. The monoisotopic (exact) mass is 230 g/mol. The first-order chi connectivity index (χ1) is 6.67. The van der Waals surface area contributed by atoms with E-state index in [1.54, 1.807) is 18.2 Å². The van der Waals surface area contributed by atoms with Crippen LogP contribution in [0.25, 0.3) is 0 Å². The molecule has 1 aromatic rings. The highest BCUT2D eigenvalue weighted by Crippen LogP contribution is 2.30. The molecule has 1 aromatic carbocycles. The van der Waals surface area contributed by atoms with Gasteiger partial charge in [-0.1, -0.05) is 24.6 Å². The summed E-state index contributed by atoms with van der Waals surface area (Å²) in [5, 5.41) is 9.53. The number of aliphatic hydroxyl groups is 1. The molecule has 1 atom stereocenters. The minimum Gasteiger partial charge on any atom is -0.395 e. The van der Waals surface area contributed by atoms with E-state index in [0.717, 1.165) is 11.2 Å². The van der Waals surface area contributed by atoms with E-state index in [0.29, 0.717) is 10.6 Å². The van der Waals surface area contributed by atoms with Crippen molar-refractivity contribution < 1.29 is 9.90 Å². The zero-order chi connectivity index (χ0) is 10.6. The second-order valence-corrected chi connectivity index (χ2v) is 4.81. The van der Waals surface area contributed by atoms with Crippen molar-refractivity contribution in [3.63, 3.8) is 0 Å². The van der Waals surface area contributed by atoms with Gasteiger partial charge in [-0.15, -0.1) is 11.8 Å². The predicted octanol–water partition coefficient (Wildman–Crippen LogP) is 2.63. The van der Waals surface area contributed by atoms with E-state index in [1.807, 2.05) is 6.92 Å². The summed E-state index contributed by atoms with van der Waals surface area (Å²) in [5.41, 5.74) is 0.566. The Bertz CT molecular complexity index is 328. The van der Waals surface area contributed by atoms with Crippen molar-refractivity contribution in [2.24, 2.45) is 0 Å². The molecule has 0 aliphatic carbocycles. The van der Waals surface area contributed by atoms with Crippen LogP contribution in [-0.4, -0.2) is 23.2 Å². The van der Waals surface area contributed by atoms with E-state index < -0.39 is 0 Å². The Morgan fingerprint density at radius 1 is 1.64 bits per heavy atom. The number of thioether (sulfide) groups is 1. The van der Waals surface area contributed by atoms with Crippen LogP contribution in [0.2, 0.25) is 5.02 Å². The van der Waals surface area contributed by atoms with E-state index >= 15 is 0 Å². The molecule has 1 unspecified atom stereocenters. The lowest BCUT2D eigenvalue weighted by Crippen LogP contribution is -2.01. The minimum absolute atomic E-state index is 0.106. The molecule has 0 heterocycles. The molecule has 14 heavy (non-hydrogen) atoms. The van der Waals surface area contributed by atoms with Crippen molar-refractivity contribution in [2.75, 3.05) is 6.61 Å². The fourth-order valence-corrected chi connectivity index (χ4v) is 2.09. The molecule has 1 N–H and O–H groups in total. The Morgan fingerprint density at radius 2 is 2.36 bits per heavy atom. The van der Waals surface area contributed by atoms with Crippen molar-refractivity contribution >= 4 is 29.6 Å². The number of benzene rings is 1. The van der Waals surface area contributed by atoms with Crippen LogP contribution in [0, 0.1) is 0 Å². The second-order valence-electron chi connectivity index (χ2n) is 2.92. The average molecular weight is 231 g/mol. The molecule has 0 amide bonds.